The Bertz CT molecular complexity index is 409. The Hall–Kier alpha value is -1.03. The van der Waals surface area contributed by atoms with E-state index in [4.69, 9.17) is 4.74 Å². The highest BCUT2D eigenvalue weighted by Crippen LogP contribution is 2.27. The van der Waals surface area contributed by atoms with Crippen molar-refractivity contribution in [2.24, 2.45) is 5.92 Å². The van der Waals surface area contributed by atoms with E-state index >= 15 is 0 Å². The highest BCUT2D eigenvalue weighted by molar-refractivity contribution is 9.10. The van der Waals surface area contributed by atoms with E-state index in [0.717, 1.165) is 15.7 Å². The minimum Gasteiger partial charge on any atom is -0.466 e. The molecular weight excluding hydrogens is 294 g/mol. The molecule has 1 aromatic rings. The van der Waals surface area contributed by atoms with Gasteiger partial charge < -0.3 is 10.1 Å². The first-order chi connectivity index (χ1) is 8.45. The molecule has 0 aliphatic heterocycles. The Labute approximate surface area is 117 Å². The Kier molecular flexibility index (Phi) is 5.66. The number of nitrogens with one attached hydrogen (secondary N) is 1. The van der Waals surface area contributed by atoms with Crippen molar-refractivity contribution in [1.29, 1.82) is 0 Å². The predicted octanol–water partition coefficient (Wildman–Crippen LogP) is 3.68. The molecule has 1 unspecified atom stereocenters. The second kappa shape index (κ2) is 6.78. The van der Waals surface area contributed by atoms with Crippen LogP contribution < -0.4 is 5.32 Å². The Balaban J connectivity index is 2.66. The molecule has 0 aliphatic carbocycles. The highest BCUT2D eigenvalue weighted by atomic mass is 79.9. The van der Waals surface area contributed by atoms with Crippen LogP contribution in [0.25, 0.3) is 0 Å². The van der Waals surface area contributed by atoms with Crippen LogP contribution in [0, 0.1) is 19.8 Å². The summed E-state index contributed by atoms with van der Waals surface area (Å²) in [5.74, 6) is -0.316. The number of carbonyl (C=O) groups excluding carboxylic acids is 1. The molecular formula is C14H20BrNO2. The fraction of sp³-hybridized carbons (Fsp3) is 0.500. The van der Waals surface area contributed by atoms with E-state index in [2.05, 4.69) is 47.2 Å². The van der Waals surface area contributed by atoms with E-state index < -0.39 is 0 Å². The van der Waals surface area contributed by atoms with E-state index in [-0.39, 0.29) is 11.9 Å². The van der Waals surface area contributed by atoms with Gasteiger partial charge in [0.15, 0.2) is 0 Å². The number of benzene rings is 1. The van der Waals surface area contributed by atoms with Gasteiger partial charge in [0, 0.05) is 11.0 Å². The first-order valence-corrected chi connectivity index (χ1v) is 6.92. The van der Waals surface area contributed by atoms with Gasteiger partial charge >= 0.3 is 5.97 Å². The lowest BCUT2D eigenvalue weighted by atomic mass is 10.1. The number of hydrogen-bond donors (Lipinski definition) is 1. The summed E-state index contributed by atoms with van der Waals surface area (Å²) in [6.45, 7) is 8.79. The Morgan fingerprint density at radius 1 is 1.44 bits per heavy atom. The summed E-state index contributed by atoms with van der Waals surface area (Å²) in [4.78, 5) is 11.5. The van der Waals surface area contributed by atoms with Crippen molar-refractivity contribution in [3.8, 4) is 0 Å². The summed E-state index contributed by atoms with van der Waals surface area (Å²) in [6, 6.07) is 4.17. The van der Waals surface area contributed by atoms with Crippen LogP contribution >= 0.6 is 15.9 Å². The van der Waals surface area contributed by atoms with E-state index in [1.165, 1.54) is 5.56 Å². The van der Waals surface area contributed by atoms with Crippen LogP contribution in [0.15, 0.2) is 16.6 Å². The van der Waals surface area contributed by atoms with Gasteiger partial charge in [-0.15, -0.1) is 0 Å². The van der Waals surface area contributed by atoms with Crippen LogP contribution in [0.5, 0.6) is 0 Å². The first-order valence-electron chi connectivity index (χ1n) is 6.13. The van der Waals surface area contributed by atoms with Crippen LogP contribution in [0.1, 0.15) is 25.0 Å². The van der Waals surface area contributed by atoms with Gasteiger partial charge in [0.2, 0.25) is 0 Å². The number of halogens is 1. The molecule has 1 N–H and O–H groups in total. The number of hydrogen-bond acceptors (Lipinski definition) is 3. The van der Waals surface area contributed by atoms with Crippen molar-refractivity contribution in [1.82, 2.24) is 0 Å². The standard InChI is InChI=1S/C14H20BrNO2/c1-5-18-14(17)11(4)8-16-13-10(3)6-9(2)7-12(13)15/h6-7,11,16H,5,8H2,1-4H3. The molecule has 0 bridgehead atoms. The Morgan fingerprint density at radius 2 is 2.11 bits per heavy atom. The molecule has 0 saturated carbocycles. The molecule has 1 atom stereocenters. The molecule has 0 heterocycles. The van der Waals surface area contributed by atoms with Crippen molar-refractivity contribution in [2.45, 2.75) is 27.7 Å². The summed E-state index contributed by atoms with van der Waals surface area (Å²) in [5.41, 5.74) is 3.41. The molecule has 0 amide bonds. The zero-order valence-electron chi connectivity index (χ0n) is 11.3. The third-order valence-electron chi connectivity index (χ3n) is 2.71. The normalized spacial score (nSPS) is 12.1. The fourth-order valence-electron chi connectivity index (χ4n) is 1.76. The zero-order valence-corrected chi connectivity index (χ0v) is 12.9. The minimum absolute atomic E-state index is 0.155. The average Bonchev–Trinajstić information content (AvgIpc) is 2.27. The molecule has 100 valence electrons. The quantitative estimate of drug-likeness (QED) is 0.843. The van der Waals surface area contributed by atoms with Crippen molar-refractivity contribution in [2.75, 3.05) is 18.5 Å². The molecule has 4 heteroatoms. The van der Waals surface area contributed by atoms with Crippen molar-refractivity contribution < 1.29 is 9.53 Å². The molecule has 0 spiro atoms. The van der Waals surface area contributed by atoms with E-state index in [1.54, 1.807) is 0 Å². The molecule has 0 radical (unpaired) electrons. The molecule has 1 aromatic carbocycles. The maximum Gasteiger partial charge on any atom is 0.310 e. The van der Waals surface area contributed by atoms with Crippen molar-refractivity contribution in [3.63, 3.8) is 0 Å². The molecule has 1 rings (SSSR count). The molecule has 0 saturated heterocycles. The number of ether oxygens (including phenoxy) is 1. The molecule has 3 nitrogen and oxygen atoms in total. The smallest absolute Gasteiger partial charge is 0.310 e. The van der Waals surface area contributed by atoms with Gasteiger partial charge in [0.25, 0.3) is 0 Å². The van der Waals surface area contributed by atoms with Crippen molar-refractivity contribution in [3.05, 3.63) is 27.7 Å². The number of rotatable bonds is 5. The average molecular weight is 314 g/mol. The molecule has 0 aromatic heterocycles. The van der Waals surface area contributed by atoms with Gasteiger partial charge in [-0.1, -0.05) is 13.0 Å². The van der Waals surface area contributed by atoms with Gasteiger partial charge in [-0.3, -0.25) is 4.79 Å². The maximum absolute atomic E-state index is 11.5. The summed E-state index contributed by atoms with van der Waals surface area (Å²) in [7, 11) is 0. The SMILES string of the molecule is CCOC(=O)C(C)CNc1c(C)cc(C)cc1Br. The Morgan fingerprint density at radius 3 is 2.67 bits per heavy atom. The maximum atomic E-state index is 11.5. The van der Waals surface area contributed by atoms with E-state index in [0.29, 0.717) is 13.2 Å². The number of anilines is 1. The summed E-state index contributed by atoms with van der Waals surface area (Å²) in [5, 5.41) is 3.30. The van der Waals surface area contributed by atoms with Crippen LogP contribution in [-0.4, -0.2) is 19.1 Å². The van der Waals surface area contributed by atoms with Crippen LogP contribution in [0.3, 0.4) is 0 Å². The van der Waals surface area contributed by atoms with Gasteiger partial charge in [0.1, 0.15) is 0 Å². The summed E-state index contributed by atoms with van der Waals surface area (Å²) >= 11 is 3.54. The van der Waals surface area contributed by atoms with Gasteiger partial charge in [-0.2, -0.15) is 0 Å². The van der Waals surface area contributed by atoms with Gasteiger partial charge in [-0.05, 0) is 53.9 Å². The monoisotopic (exact) mass is 313 g/mol. The highest BCUT2D eigenvalue weighted by Gasteiger charge is 2.14. The van der Waals surface area contributed by atoms with Crippen molar-refractivity contribution >= 4 is 27.6 Å². The summed E-state index contributed by atoms with van der Waals surface area (Å²) in [6.07, 6.45) is 0. The third-order valence-corrected chi connectivity index (χ3v) is 3.33. The predicted molar refractivity (Wildman–Crippen MR) is 77.9 cm³/mol. The van der Waals surface area contributed by atoms with Gasteiger partial charge in [-0.25, -0.2) is 0 Å². The van der Waals surface area contributed by atoms with Crippen LogP contribution in [0.4, 0.5) is 5.69 Å². The number of aryl methyl sites for hydroxylation is 2. The number of esters is 1. The van der Waals surface area contributed by atoms with Crippen LogP contribution in [0.2, 0.25) is 0 Å². The zero-order chi connectivity index (χ0) is 13.7. The second-order valence-corrected chi connectivity index (χ2v) is 5.33. The molecule has 18 heavy (non-hydrogen) atoms. The fourth-order valence-corrected chi connectivity index (χ4v) is 2.58. The molecule has 0 aliphatic rings. The lowest BCUT2D eigenvalue weighted by Gasteiger charge is -2.16. The third kappa shape index (κ3) is 4.02. The number of carbonyl (C=O) groups is 1. The summed E-state index contributed by atoms with van der Waals surface area (Å²) < 4.78 is 6.01. The van der Waals surface area contributed by atoms with Gasteiger partial charge in [0.05, 0.1) is 18.2 Å². The minimum atomic E-state index is -0.161. The first kappa shape index (κ1) is 15.0. The van der Waals surface area contributed by atoms with E-state index in [1.807, 2.05) is 13.8 Å². The van der Waals surface area contributed by atoms with Crippen LogP contribution in [-0.2, 0) is 9.53 Å². The molecule has 0 fully saturated rings. The second-order valence-electron chi connectivity index (χ2n) is 4.47. The topological polar surface area (TPSA) is 38.3 Å². The lowest BCUT2D eigenvalue weighted by molar-refractivity contribution is -0.146. The van der Waals surface area contributed by atoms with E-state index in [9.17, 15) is 4.79 Å². The lowest BCUT2D eigenvalue weighted by Crippen LogP contribution is -2.23. The largest absolute Gasteiger partial charge is 0.466 e.